The maximum absolute atomic E-state index is 11.6. The molecule has 0 saturated heterocycles. The summed E-state index contributed by atoms with van der Waals surface area (Å²) in [6, 6.07) is 18.9. The summed E-state index contributed by atoms with van der Waals surface area (Å²) < 4.78 is 10.3. The number of unbranched alkanes of at least 4 members (excludes halogenated alkanes) is 2. The van der Waals surface area contributed by atoms with Crippen molar-refractivity contribution in [3.05, 3.63) is 60.7 Å². The number of hydrogen-bond acceptors (Lipinski definition) is 6. The Balaban J connectivity index is 1.48. The van der Waals surface area contributed by atoms with Gasteiger partial charge in [-0.3, -0.25) is 9.59 Å². The molecule has 2 aromatic rings. The minimum absolute atomic E-state index is 0.240. The van der Waals surface area contributed by atoms with E-state index in [0.29, 0.717) is 25.7 Å². The molecule has 0 aliphatic heterocycles. The number of benzene rings is 2. The third-order valence-corrected chi connectivity index (χ3v) is 4.68. The van der Waals surface area contributed by atoms with Crippen LogP contribution in [0.4, 0.5) is 0 Å². The van der Waals surface area contributed by atoms with Gasteiger partial charge in [0.25, 0.3) is 0 Å². The van der Waals surface area contributed by atoms with Gasteiger partial charge in [0.05, 0.1) is 24.1 Å². The van der Waals surface area contributed by atoms with E-state index in [1.807, 2.05) is 60.7 Å². The van der Waals surface area contributed by atoms with Crippen LogP contribution < -0.4 is 0 Å². The Morgan fingerprint density at radius 3 is 1.44 bits per heavy atom. The van der Waals surface area contributed by atoms with Gasteiger partial charge in [-0.1, -0.05) is 42.8 Å². The van der Waals surface area contributed by atoms with Crippen molar-refractivity contribution >= 4 is 36.0 Å². The van der Waals surface area contributed by atoms with E-state index in [1.165, 1.54) is 0 Å². The van der Waals surface area contributed by atoms with Gasteiger partial charge in [-0.15, -0.1) is 0 Å². The average Bonchev–Trinajstić information content (AvgIpc) is 2.66. The molecule has 0 unspecified atom stereocenters. The van der Waals surface area contributed by atoms with Crippen molar-refractivity contribution in [2.45, 2.75) is 41.9 Å². The molecule has 0 saturated carbocycles. The average molecular weight is 376 g/mol. The van der Waals surface area contributed by atoms with Crippen LogP contribution >= 0.6 is 24.1 Å². The highest BCUT2D eigenvalue weighted by Crippen LogP contribution is 2.21. The van der Waals surface area contributed by atoms with Crippen LogP contribution in [-0.4, -0.2) is 11.9 Å². The molecule has 0 bridgehead atoms. The Morgan fingerprint density at radius 1 is 0.640 bits per heavy atom. The first-order chi connectivity index (χ1) is 12.2. The van der Waals surface area contributed by atoms with Gasteiger partial charge >= 0.3 is 11.9 Å². The first-order valence-corrected chi connectivity index (χ1v) is 9.57. The van der Waals surface area contributed by atoms with Crippen LogP contribution in [0.1, 0.15) is 32.1 Å². The number of carbonyl (C=O) groups excluding carboxylic acids is 2. The van der Waals surface area contributed by atoms with E-state index in [1.54, 1.807) is 0 Å². The van der Waals surface area contributed by atoms with Gasteiger partial charge in [-0.2, -0.15) is 0 Å². The lowest BCUT2D eigenvalue weighted by Crippen LogP contribution is -2.00. The van der Waals surface area contributed by atoms with Crippen LogP contribution in [0.25, 0.3) is 0 Å². The number of hydrogen-bond donors (Lipinski definition) is 0. The van der Waals surface area contributed by atoms with Crippen LogP contribution in [0.3, 0.4) is 0 Å². The first kappa shape index (κ1) is 19.4. The van der Waals surface area contributed by atoms with E-state index in [2.05, 4.69) is 0 Å². The predicted molar refractivity (Wildman–Crippen MR) is 99.9 cm³/mol. The summed E-state index contributed by atoms with van der Waals surface area (Å²) >= 11 is 2.15. The fourth-order valence-electron chi connectivity index (χ4n) is 1.94. The molecule has 2 rings (SSSR count). The van der Waals surface area contributed by atoms with Gasteiger partial charge in [-0.25, -0.2) is 0 Å². The molecule has 6 heteroatoms. The van der Waals surface area contributed by atoms with Crippen molar-refractivity contribution < 1.29 is 18.0 Å². The molecule has 4 nitrogen and oxygen atoms in total. The second-order valence-corrected chi connectivity index (χ2v) is 6.87. The lowest BCUT2D eigenvalue weighted by Gasteiger charge is -2.04. The molecule has 0 aliphatic rings. The second kappa shape index (κ2) is 11.6. The van der Waals surface area contributed by atoms with Gasteiger partial charge in [0.2, 0.25) is 0 Å². The highest BCUT2D eigenvalue weighted by Gasteiger charge is 2.07. The molecule has 25 heavy (non-hydrogen) atoms. The summed E-state index contributed by atoms with van der Waals surface area (Å²) in [6.07, 6.45) is 2.90. The molecule has 0 radical (unpaired) electrons. The third kappa shape index (κ3) is 8.65. The third-order valence-electron chi connectivity index (χ3n) is 3.21. The summed E-state index contributed by atoms with van der Waals surface area (Å²) in [5.74, 6) is -0.480. The summed E-state index contributed by atoms with van der Waals surface area (Å²) in [6.45, 7) is 0. The Bertz CT molecular complexity index is 589. The van der Waals surface area contributed by atoms with Crippen molar-refractivity contribution in [1.29, 1.82) is 0 Å². The van der Waals surface area contributed by atoms with E-state index < -0.39 is 0 Å². The van der Waals surface area contributed by atoms with E-state index in [-0.39, 0.29) is 11.9 Å². The fourth-order valence-corrected chi connectivity index (χ4v) is 3.02. The molecule has 2 aromatic carbocycles. The maximum Gasteiger partial charge on any atom is 0.318 e. The van der Waals surface area contributed by atoms with Crippen molar-refractivity contribution in [1.82, 2.24) is 0 Å². The molecule has 132 valence electrons. The Labute approximate surface area is 156 Å². The monoisotopic (exact) mass is 376 g/mol. The van der Waals surface area contributed by atoms with Gasteiger partial charge in [0.15, 0.2) is 0 Å². The van der Waals surface area contributed by atoms with Crippen LogP contribution in [0, 0.1) is 0 Å². The topological polar surface area (TPSA) is 52.6 Å². The van der Waals surface area contributed by atoms with Crippen molar-refractivity contribution in [3.8, 4) is 0 Å². The summed E-state index contributed by atoms with van der Waals surface area (Å²) in [5.41, 5.74) is 0. The highest BCUT2D eigenvalue weighted by atomic mass is 32.2. The van der Waals surface area contributed by atoms with Gasteiger partial charge in [-0.05, 0) is 37.1 Å². The van der Waals surface area contributed by atoms with Gasteiger partial charge in [0, 0.05) is 22.6 Å². The molecular formula is C19H20O4S2. The molecular weight excluding hydrogens is 356 g/mol. The van der Waals surface area contributed by atoms with Crippen LogP contribution in [0.5, 0.6) is 0 Å². The van der Waals surface area contributed by atoms with Crippen molar-refractivity contribution in [2.75, 3.05) is 0 Å². The molecule has 0 atom stereocenters. The number of rotatable bonds is 10. The second-order valence-electron chi connectivity index (χ2n) is 5.26. The summed E-state index contributed by atoms with van der Waals surface area (Å²) in [5, 5.41) is 0. The highest BCUT2D eigenvalue weighted by molar-refractivity contribution is 7.95. The Morgan fingerprint density at radius 2 is 1.04 bits per heavy atom. The van der Waals surface area contributed by atoms with E-state index >= 15 is 0 Å². The lowest BCUT2D eigenvalue weighted by atomic mass is 10.1. The van der Waals surface area contributed by atoms with Crippen molar-refractivity contribution in [3.63, 3.8) is 0 Å². The van der Waals surface area contributed by atoms with Crippen LogP contribution in [0.15, 0.2) is 70.5 Å². The zero-order valence-corrected chi connectivity index (χ0v) is 15.4. The van der Waals surface area contributed by atoms with Gasteiger partial charge in [0.1, 0.15) is 0 Å². The molecule has 0 aliphatic carbocycles. The van der Waals surface area contributed by atoms with E-state index in [0.717, 1.165) is 40.3 Å². The lowest BCUT2D eigenvalue weighted by molar-refractivity contribution is -0.133. The zero-order chi connectivity index (χ0) is 17.7. The molecule has 0 aromatic heterocycles. The quantitative estimate of drug-likeness (QED) is 0.407. The summed E-state index contributed by atoms with van der Waals surface area (Å²) in [4.78, 5) is 25.1. The normalized spacial score (nSPS) is 10.2. The first-order valence-electron chi connectivity index (χ1n) is 8.09. The van der Waals surface area contributed by atoms with E-state index in [4.69, 9.17) is 8.37 Å². The van der Waals surface area contributed by atoms with Crippen LogP contribution in [0.2, 0.25) is 0 Å². The standard InChI is InChI=1S/C19H20O4S2/c20-18(22-24-16-10-4-1-5-11-16)14-8-3-9-15-19(21)23-25-17-12-6-2-7-13-17/h1-2,4-7,10-13H,3,8-9,14-15H2. The maximum atomic E-state index is 11.6. The predicted octanol–water partition coefficient (Wildman–Crippen LogP) is 5.44. The largest absolute Gasteiger partial charge is 0.386 e. The molecule has 0 spiro atoms. The minimum Gasteiger partial charge on any atom is -0.386 e. The van der Waals surface area contributed by atoms with Crippen molar-refractivity contribution in [2.24, 2.45) is 0 Å². The Hall–Kier alpha value is -1.92. The fraction of sp³-hybridized carbons (Fsp3) is 0.263. The SMILES string of the molecule is O=C(CCCCCC(=O)OSc1ccccc1)OSc1ccccc1. The van der Waals surface area contributed by atoms with Gasteiger partial charge < -0.3 is 8.37 Å². The smallest absolute Gasteiger partial charge is 0.318 e. The molecule has 0 amide bonds. The zero-order valence-electron chi connectivity index (χ0n) is 13.8. The molecule has 0 heterocycles. The van der Waals surface area contributed by atoms with Crippen LogP contribution in [-0.2, 0) is 18.0 Å². The Kier molecular flexibility index (Phi) is 9.01. The number of carbonyl (C=O) groups is 2. The summed E-state index contributed by atoms with van der Waals surface area (Å²) in [7, 11) is 0. The molecule has 0 fully saturated rings. The minimum atomic E-state index is -0.240. The van der Waals surface area contributed by atoms with E-state index in [9.17, 15) is 9.59 Å². The molecule has 0 N–H and O–H groups in total.